The normalized spacial score (nSPS) is 11.9. The maximum Gasteiger partial charge on any atom is 0.340 e. The van der Waals surface area contributed by atoms with Crippen molar-refractivity contribution in [2.24, 2.45) is 0 Å². The van der Waals surface area contributed by atoms with Gasteiger partial charge in [-0.05, 0) is 58.0 Å². The Morgan fingerprint density at radius 1 is 1.17 bits per heavy atom. The van der Waals surface area contributed by atoms with Crippen molar-refractivity contribution >= 4 is 11.8 Å². The molecule has 1 atom stereocenters. The van der Waals surface area contributed by atoms with E-state index in [1.54, 1.807) is 44.4 Å². The summed E-state index contributed by atoms with van der Waals surface area (Å²) in [5.41, 5.74) is 2.83. The lowest BCUT2D eigenvalue weighted by Crippen LogP contribution is -2.24. The zero-order valence-electron chi connectivity index (χ0n) is 14.8. The van der Waals surface area contributed by atoms with Crippen LogP contribution in [0.5, 0.6) is 5.75 Å². The summed E-state index contributed by atoms with van der Waals surface area (Å²) in [5.74, 6) is -0.0457. The van der Waals surface area contributed by atoms with E-state index in [1.807, 2.05) is 25.3 Å². The van der Waals surface area contributed by atoms with Gasteiger partial charge in [0.05, 0.1) is 12.7 Å². The first-order valence-electron chi connectivity index (χ1n) is 7.95. The minimum absolute atomic E-state index is 0.240. The number of ether oxygens (including phenoxy) is 2. The molecule has 5 nitrogen and oxygen atoms in total. The third-order valence-corrected chi connectivity index (χ3v) is 4.14. The van der Waals surface area contributed by atoms with Gasteiger partial charge in [-0.1, -0.05) is 0 Å². The lowest BCUT2D eigenvalue weighted by molar-refractivity contribution is 0.0318. The number of carbonyl (C=O) groups excluding carboxylic acids is 2. The van der Waals surface area contributed by atoms with E-state index in [2.05, 4.69) is 0 Å². The van der Waals surface area contributed by atoms with E-state index in [4.69, 9.17) is 9.47 Å². The van der Waals surface area contributed by atoms with Crippen LogP contribution >= 0.6 is 0 Å². The Balaban J connectivity index is 2.11. The second kappa shape index (κ2) is 7.34. The van der Waals surface area contributed by atoms with Gasteiger partial charge < -0.3 is 14.0 Å². The number of methoxy groups -OCH3 is 1. The Bertz CT molecular complexity index is 743. The molecular formula is C19H23NO4. The van der Waals surface area contributed by atoms with Gasteiger partial charge in [0.2, 0.25) is 5.78 Å². The summed E-state index contributed by atoms with van der Waals surface area (Å²) in [4.78, 5) is 24.8. The molecular weight excluding hydrogens is 306 g/mol. The minimum Gasteiger partial charge on any atom is -0.497 e. The van der Waals surface area contributed by atoms with Crippen molar-refractivity contribution in [3.63, 3.8) is 0 Å². The highest BCUT2D eigenvalue weighted by Gasteiger charge is 2.23. The standard InChI is InChI=1S/C19H23NO4/c1-6-20-12(2)11-17(13(20)3)19(22)24-14(4)18(21)15-7-9-16(23-5)10-8-15/h7-11,14H,6H2,1-5H3/t14-/m0/s1. The highest BCUT2D eigenvalue weighted by Crippen LogP contribution is 2.18. The van der Waals surface area contributed by atoms with Crippen LogP contribution in [-0.4, -0.2) is 29.5 Å². The van der Waals surface area contributed by atoms with Crippen molar-refractivity contribution in [3.05, 3.63) is 52.8 Å². The molecule has 128 valence electrons. The molecule has 0 aliphatic heterocycles. The van der Waals surface area contributed by atoms with Crippen molar-refractivity contribution in [2.75, 3.05) is 7.11 Å². The summed E-state index contributed by atoms with van der Waals surface area (Å²) in [6.07, 6.45) is -0.851. The molecule has 24 heavy (non-hydrogen) atoms. The molecule has 0 bridgehead atoms. The summed E-state index contributed by atoms with van der Waals surface area (Å²) in [5, 5.41) is 0. The van der Waals surface area contributed by atoms with Gasteiger partial charge in [0.25, 0.3) is 0 Å². The van der Waals surface area contributed by atoms with Crippen LogP contribution in [0.2, 0.25) is 0 Å². The molecule has 2 aromatic rings. The van der Waals surface area contributed by atoms with Crippen LogP contribution in [0.4, 0.5) is 0 Å². The average molecular weight is 329 g/mol. The zero-order valence-corrected chi connectivity index (χ0v) is 14.8. The molecule has 0 saturated heterocycles. The number of aryl methyl sites for hydroxylation is 1. The number of esters is 1. The van der Waals surface area contributed by atoms with Crippen molar-refractivity contribution in [2.45, 2.75) is 40.3 Å². The average Bonchev–Trinajstić information content (AvgIpc) is 2.88. The van der Waals surface area contributed by atoms with Gasteiger partial charge in [0.15, 0.2) is 6.10 Å². The first-order valence-corrected chi connectivity index (χ1v) is 7.95. The Kier molecular flexibility index (Phi) is 5.44. The summed E-state index contributed by atoms with van der Waals surface area (Å²) < 4.78 is 12.5. The molecule has 0 unspecified atom stereocenters. The fraction of sp³-hybridized carbons (Fsp3) is 0.368. The Labute approximate surface area is 142 Å². The monoisotopic (exact) mass is 329 g/mol. The number of hydrogen-bond acceptors (Lipinski definition) is 4. The highest BCUT2D eigenvalue weighted by molar-refractivity contribution is 6.01. The third-order valence-electron chi connectivity index (χ3n) is 4.14. The maximum atomic E-state index is 12.4. The maximum absolute atomic E-state index is 12.4. The molecule has 0 aliphatic carbocycles. The molecule has 0 amide bonds. The van der Waals surface area contributed by atoms with Gasteiger partial charge >= 0.3 is 5.97 Å². The van der Waals surface area contributed by atoms with Crippen molar-refractivity contribution in [1.29, 1.82) is 0 Å². The lowest BCUT2D eigenvalue weighted by Gasteiger charge is -2.13. The van der Waals surface area contributed by atoms with Crippen LogP contribution < -0.4 is 4.74 Å². The third kappa shape index (κ3) is 3.50. The van der Waals surface area contributed by atoms with E-state index in [1.165, 1.54) is 0 Å². The fourth-order valence-electron chi connectivity index (χ4n) is 2.76. The molecule has 0 aliphatic rings. The van der Waals surface area contributed by atoms with Gasteiger partial charge in [0, 0.05) is 23.5 Å². The van der Waals surface area contributed by atoms with Gasteiger partial charge in [0.1, 0.15) is 5.75 Å². The van der Waals surface area contributed by atoms with E-state index in [0.29, 0.717) is 16.9 Å². The summed E-state index contributed by atoms with van der Waals surface area (Å²) in [6.45, 7) is 8.21. The molecule has 0 saturated carbocycles. The van der Waals surface area contributed by atoms with E-state index in [-0.39, 0.29) is 5.78 Å². The summed E-state index contributed by atoms with van der Waals surface area (Å²) in [6, 6.07) is 8.53. The predicted molar refractivity (Wildman–Crippen MR) is 91.8 cm³/mol. The summed E-state index contributed by atoms with van der Waals surface area (Å²) >= 11 is 0. The topological polar surface area (TPSA) is 57.5 Å². The SMILES string of the molecule is CCn1c(C)cc(C(=O)O[C@@H](C)C(=O)c2ccc(OC)cc2)c1C. The quantitative estimate of drug-likeness (QED) is 0.600. The zero-order chi connectivity index (χ0) is 17.9. The van der Waals surface area contributed by atoms with Crippen molar-refractivity contribution < 1.29 is 19.1 Å². The number of benzene rings is 1. The Morgan fingerprint density at radius 3 is 2.29 bits per heavy atom. The molecule has 2 rings (SSSR count). The van der Waals surface area contributed by atoms with Gasteiger partial charge in [-0.15, -0.1) is 0 Å². The van der Waals surface area contributed by atoms with Crippen LogP contribution in [0.15, 0.2) is 30.3 Å². The largest absolute Gasteiger partial charge is 0.497 e. The smallest absolute Gasteiger partial charge is 0.340 e. The molecule has 0 spiro atoms. The number of aromatic nitrogens is 1. The molecule has 5 heteroatoms. The number of rotatable bonds is 6. The molecule has 1 aromatic carbocycles. The number of hydrogen-bond donors (Lipinski definition) is 0. The van der Waals surface area contributed by atoms with E-state index < -0.39 is 12.1 Å². The summed E-state index contributed by atoms with van der Waals surface area (Å²) in [7, 11) is 1.56. The van der Waals surface area contributed by atoms with E-state index in [0.717, 1.165) is 17.9 Å². The molecule has 1 heterocycles. The van der Waals surface area contributed by atoms with Crippen molar-refractivity contribution in [1.82, 2.24) is 4.57 Å². The van der Waals surface area contributed by atoms with Gasteiger partial charge in [-0.3, -0.25) is 4.79 Å². The minimum atomic E-state index is -0.851. The first-order chi connectivity index (χ1) is 11.4. The number of Topliss-reactive ketones (excluding diaryl/α,β-unsaturated/α-hetero) is 1. The van der Waals surface area contributed by atoms with Crippen LogP contribution in [0.1, 0.15) is 46.0 Å². The van der Waals surface area contributed by atoms with Crippen LogP contribution in [0.25, 0.3) is 0 Å². The molecule has 1 aromatic heterocycles. The number of nitrogens with zero attached hydrogens (tertiary/aromatic N) is 1. The van der Waals surface area contributed by atoms with Gasteiger partial charge in [-0.25, -0.2) is 4.79 Å². The fourth-order valence-corrected chi connectivity index (χ4v) is 2.76. The Hall–Kier alpha value is -2.56. The predicted octanol–water partition coefficient (Wildman–Crippen LogP) is 3.56. The van der Waals surface area contributed by atoms with Crippen LogP contribution in [0, 0.1) is 13.8 Å². The van der Waals surface area contributed by atoms with Gasteiger partial charge in [-0.2, -0.15) is 0 Å². The molecule has 0 radical (unpaired) electrons. The second-order valence-electron chi connectivity index (χ2n) is 5.67. The van der Waals surface area contributed by atoms with E-state index >= 15 is 0 Å². The first kappa shape index (κ1) is 17.8. The number of ketones is 1. The highest BCUT2D eigenvalue weighted by atomic mass is 16.5. The Morgan fingerprint density at radius 2 is 1.79 bits per heavy atom. The molecule has 0 fully saturated rings. The number of carbonyl (C=O) groups is 2. The second-order valence-corrected chi connectivity index (χ2v) is 5.67. The lowest BCUT2D eigenvalue weighted by atomic mass is 10.1. The van der Waals surface area contributed by atoms with Crippen LogP contribution in [0.3, 0.4) is 0 Å². The van der Waals surface area contributed by atoms with E-state index in [9.17, 15) is 9.59 Å². The molecule has 0 N–H and O–H groups in total. The van der Waals surface area contributed by atoms with Crippen molar-refractivity contribution in [3.8, 4) is 5.75 Å². The van der Waals surface area contributed by atoms with Crippen LogP contribution in [-0.2, 0) is 11.3 Å².